The van der Waals surface area contributed by atoms with Crippen molar-refractivity contribution in [2.24, 2.45) is 5.41 Å². The second-order valence-corrected chi connectivity index (χ2v) is 8.10. The van der Waals surface area contributed by atoms with Gasteiger partial charge in [-0.05, 0) is 13.3 Å². The fraction of sp³-hybridized carbons (Fsp3) is 0.941. The van der Waals surface area contributed by atoms with Gasteiger partial charge in [0.15, 0.2) is 6.29 Å². The van der Waals surface area contributed by atoms with Gasteiger partial charge in [-0.25, -0.2) is 0 Å². The molecular formula is C17H28O9. The summed E-state index contributed by atoms with van der Waals surface area (Å²) in [4.78, 5) is 12.0. The maximum atomic E-state index is 12.0. The van der Waals surface area contributed by atoms with E-state index in [1.54, 1.807) is 6.92 Å². The Morgan fingerprint density at radius 2 is 1.85 bits per heavy atom. The van der Waals surface area contributed by atoms with Gasteiger partial charge in [0.25, 0.3) is 0 Å². The first-order chi connectivity index (χ1) is 12.1. The van der Waals surface area contributed by atoms with Gasteiger partial charge in [-0.15, -0.1) is 0 Å². The number of aliphatic hydroxyl groups excluding tert-OH is 5. The molecule has 0 spiro atoms. The molecule has 0 bridgehead atoms. The summed E-state index contributed by atoms with van der Waals surface area (Å²) in [6.07, 6.45) is -6.40. The standard InChI is InChI=1S/C17H28O9/c1-15-5-9(20)3-4-17(15,16(2,7-19)24-8-15)26-14-13(23)12(22)11(21)10(6-18)25-14/h10-14,18-19,21-23H,3-8H2,1-2H3/t10-,11-,12+,13-,14+,15-,16?,17-/m1/s1. The molecule has 9 nitrogen and oxygen atoms in total. The predicted molar refractivity (Wildman–Crippen MR) is 86.0 cm³/mol. The van der Waals surface area contributed by atoms with Crippen LogP contribution in [-0.2, 0) is 19.0 Å². The SMILES string of the molecule is CC1(CO)OC[C@@]2(C)CC(=O)CC[C@]12O[C@@H]1O[C@H](CO)[C@@H](O)[C@H](O)[C@H]1O. The molecule has 9 heteroatoms. The minimum Gasteiger partial charge on any atom is -0.394 e. The lowest BCUT2D eigenvalue weighted by Crippen LogP contribution is -2.67. The molecule has 1 saturated carbocycles. The predicted octanol–water partition coefficient (Wildman–Crippen LogP) is -1.92. The van der Waals surface area contributed by atoms with Crippen LogP contribution < -0.4 is 0 Å². The van der Waals surface area contributed by atoms with Gasteiger partial charge in [-0.3, -0.25) is 4.79 Å². The van der Waals surface area contributed by atoms with Crippen LogP contribution in [-0.4, -0.2) is 93.0 Å². The molecule has 0 aromatic carbocycles. The molecular weight excluding hydrogens is 348 g/mol. The summed E-state index contributed by atoms with van der Waals surface area (Å²) in [5.41, 5.74) is -3.03. The van der Waals surface area contributed by atoms with E-state index in [-0.39, 0.29) is 38.3 Å². The third kappa shape index (κ3) is 2.73. The van der Waals surface area contributed by atoms with Crippen molar-refractivity contribution < 1.29 is 44.5 Å². The average Bonchev–Trinajstić information content (AvgIpc) is 2.84. The normalized spacial score (nSPS) is 52.1. The van der Waals surface area contributed by atoms with Crippen LogP contribution in [0.15, 0.2) is 0 Å². The zero-order valence-corrected chi connectivity index (χ0v) is 15.0. The van der Waals surface area contributed by atoms with Crippen molar-refractivity contribution in [2.45, 2.75) is 75.0 Å². The van der Waals surface area contributed by atoms with Crippen LogP contribution in [0.1, 0.15) is 33.1 Å². The molecule has 5 N–H and O–H groups in total. The lowest BCUT2D eigenvalue weighted by Gasteiger charge is -2.54. The Hall–Kier alpha value is -0.650. The molecule has 2 saturated heterocycles. The quantitative estimate of drug-likeness (QED) is 0.379. The van der Waals surface area contributed by atoms with Gasteiger partial charge in [-0.1, -0.05) is 6.92 Å². The summed E-state index contributed by atoms with van der Waals surface area (Å²) in [5, 5.41) is 49.6. The zero-order chi connectivity index (χ0) is 19.3. The maximum absolute atomic E-state index is 12.0. The first-order valence-electron chi connectivity index (χ1n) is 8.88. The van der Waals surface area contributed by atoms with Gasteiger partial charge in [-0.2, -0.15) is 0 Å². The Labute approximate surface area is 151 Å². The third-order valence-electron chi connectivity index (χ3n) is 6.35. The molecule has 150 valence electrons. The molecule has 3 rings (SSSR count). The van der Waals surface area contributed by atoms with Crippen LogP contribution in [0.25, 0.3) is 0 Å². The van der Waals surface area contributed by atoms with Gasteiger partial charge in [0.1, 0.15) is 41.4 Å². The Morgan fingerprint density at radius 1 is 1.15 bits per heavy atom. The number of ether oxygens (including phenoxy) is 3. The number of rotatable bonds is 4. The zero-order valence-electron chi connectivity index (χ0n) is 15.0. The molecule has 3 fully saturated rings. The summed E-state index contributed by atoms with van der Waals surface area (Å²) in [7, 11) is 0. The number of ketones is 1. The number of Topliss-reactive ketones (excluding diaryl/α,β-unsaturated/α-hetero) is 1. The van der Waals surface area contributed by atoms with Crippen molar-refractivity contribution in [1.29, 1.82) is 0 Å². The first-order valence-corrected chi connectivity index (χ1v) is 8.88. The van der Waals surface area contributed by atoms with Gasteiger partial charge in [0.05, 0.1) is 19.8 Å². The second kappa shape index (κ2) is 6.75. The molecule has 1 aliphatic carbocycles. The number of hydrogen-bond acceptors (Lipinski definition) is 9. The molecule has 8 atom stereocenters. The molecule has 1 unspecified atom stereocenters. The largest absolute Gasteiger partial charge is 0.394 e. The smallest absolute Gasteiger partial charge is 0.187 e. The van der Waals surface area contributed by atoms with Crippen molar-refractivity contribution in [1.82, 2.24) is 0 Å². The topological polar surface area (TPSA) is 146 Å². The average molecular weight is 376 g/mol. The van der Waals surface area contributed by atoms with Gasteiger partial charge < -0.3 is 39.7 Å². The van der Waals surface area contributed by atoms with Crippen LogP contribution in [0.5, 0.6) is 0 Å². The molecule has 2 aliphatic heterocycles. The number of hydrogen-bond donors (Lipinski definition) is 5. The van der Waals surface area contributed by atoms with Crippen molar-refractivity contribution >= 4 is 5.78 Å². The molecule has 0 radical (unpaired) electrons. The highest BCUT2D eigenvalue weighted by Crippen LogP contribution is 2.58. The second-order valence-electron chi connectivity index (χ2n) is 8.10. The van der Waals surface area contributed by atoms with Gasteiger partial charge >= 0.3 is 0 Å². The summed E-state index contributed by atoms with van der Waals surface area (Å²) >= 11 is 0. The van der Waals surface area contributed by atoms with Crippen molar-refractivity contribution in [3.05, 3.63) is 0 Å². The number of fused-ring (bicyclic) bond motifs is 1. The summed E-state index contributed by atoms with van der Waals surface area (Å²) < 4.78 is 17.5. The fourth-order valence-electron chi connectivity index (χ4n) is 4.65. The van der Waals surface area contributed by atoms with E-state index in [0.717, 1.165) is 0 Å². The maximum Gasteiger partial charge on any atom is 0.187 e. The van der Waals surface area contributed by atoms with E-state index < -0.39 is 53.9 Å². The molecule has 3 aliphatic rings. The Bertz CT molecular complexity index is 554. The Morgan fingerprint density at radius 3 is 2.46 bits per heavy atom. The Kier molecular flexibility index (Phi) is 5.22. The van der Waals surface area contributed by atoms with E-state index >= 15 is 0 Å². The van der Waals surface area contributed by atoms with Crippen LogP contribution >= 0.6 is 0 Å². The van der Waals surface area contributed by atoms with Crippen molar-refractivity contribution in [2.75, 3.05) is 19.8 Å². The lowest BCUT2D eigenvalue weighted by molar-refractivity contribution is -0.352. The lowest BCUT2D eigenvalue weighted by atomic mass is 9.60. The van der Waals surface area contributed by atoms with Gasteiger partial charge in [0.2, 0.25) is 0 Å². The molecule has 0 aromatic rings. The van der Waals surface area contributed by atoms with Crippen LogP contribution in [0, 0.1) is 5.41 Å². The summed E-state index contributed by atoms with van der Waals surface area (Å²) in [5.74, 6) is 0.0614. The van der Waals surface area contributed by atoms with Crippen molar-refractivity contribution in [3.8, 4) is 0 Å². The van der Waals surface area contributed by atoms with E-state index in [4.69, 9.17) is 14.2 Å². The highest BCUT2D eigenvalue weighted by atomic mass is 16.7. The molecule has 0 aromatic heterocycles. The number of aliphatic hydroxyl groups is 5. The first kappa shape index (κ1) is 20.1. The summed E-state index contributed by atoms with van der Waals surface area (Å²) in [6.45, 7) is 2.76. The number of carbonyl (C=O) groups is 1. The van der Waals surface area contributed by atoms with Crippen molar-refractivity contribution in [3.63, 3.8) is 0 Å². The van der Waals surface area contributed by atoms with E-state index in [0.29, 0.717) is 0 Å². The minimum atomic E-state index is -1.57. The highest BCUT2D eigenvalue weighted by molar-refractivity contribution is 5.80. The Balaban J connectivity index is 1.95. The molecule has 26 heavy (non-hydrogen) atoms. The molecule has 0 amide bonds. The van der Waals surface area contributed by atoms with E-state index in [1.165, 1.54) is 0 Å². The third-order valence-corrected chi connectivity index (χ3v) is 6.35. The highest BCUT2D eigenvalue weighted by Gasteiger charge is 2.69. The fourth-order valence-corrected chi connectivity index (χ4v) is 4.65. The van der Waals surface area contributed by atoms with Gasteiger partial charge in [0, 0.05) is 18.3 Å². The van der Waals surface area contributed by atoms with Crippen LogP contribution in [0.4, 0.5) is 0 Å². The van der Waals surface area contributed by atoms with E-state index in [2.05, 4.69) is 0 Å². The molecule has 2 heterocycles. The van der Waals surface area contributed by atoms with E-state index in [9.17, 15) is 30.3 Å². The monoisotopic (exact) mass is 376 g/mol. The summed E-state index contributed by atoms with van der Waals surface area (Å²) in [6, 6.07) is 0. The van der Waals surface area contributed by atoms with E-state index in [1.807, 2.05) is 6.92 Å². The minimum absolute atomic E-state index is 0.0614. The number of carbonyl (C=O) groups excluding carboxylic acids is 1. The van der Waals surface area contributed by atoms with Crippen LogP contribution in [0.3, 0.4) is 0 Å². The van der Waals surface area contributed by atoms with Crippen LogP contribution in [0.2, 0.25) is 0 Å².